The molecule has 0 aromatic heterocycles. The topological polar surface area (TPSA) is 12.0 Å². The van der Waals surface area contributed by atoms with Crippen LogP contribution in [0, 0.1) is 6.92 Å². The van der Waals surface area contributed by atoms with Gasteiger partial charge in [0.15, 0.2) is 0 Å². The summed E-state index contributed by atoms with van der Waals surface area (Å²) in [6, 6.07) is 13.4. The highest BCUT2D eigenvalue weighted by molar-refractivity contribution is 5.88. The minimum atomic E-state index is 0. The molecule has 1 saturated heterocycles. The number of benzene rings is 2. The molecule has 0 radical (unpaired) electrons. The second-order valence-electron chi connectivity index (χ2n) is 5.04. The van der Waals surface area contributed by atoms with Gasteiger partial charge in [0.1, 0.15) is 0 Å². The fraction of sp³-hybridized carbons (Fsp3) is 0.375. The zero-order valence-corrected chi connectivity index (χ0v) is 11.6. The average molecular weight is 262 g/mol. The predicted octanol–water partition coefficient (Wildman–Crippen LogP) is 4.04. The van der Waals surface area contributed by atoms with Crippen molar-refractivity contribution in [2.24, 2.45) is 0 Å². The monoisotopic (exact) mass is 261 g/mol. The van der Waals surface area contributed by atoms with Crippen molar-refractivity contribution in [3.63, 3.8) is 0 Å². The molecule has 0 amide bonds. The molecule has 18 heavy (non-hydrogen) atoms. The third-order valence-electron chi connectivity index (χ3n) is 3.95. The molecule has 2 aromatic rings. The van der Waals surface area contributed by atoms with E-state index >= 15 is 0 Å². The molecule has 1 aliphatic heterocycles. The van der Waals surface area contributed by atoms with Gasteiger partial charge < -0.3 is 5.32 Å². The van der Waals surface area contributed by atoms with Crippen LogP contribution >= 0.6 is 12.4 Å². The van der Waals surface area contributed by atoms with Crippen LogP contribution in [-0.2, 0) is 0 Å². The van der Waals surface area contributed by atoms with Crippen molar-refractivity contribution in [1.82, 2.24) is 5.32 Å². The lowest BCUT2D eigenvalue weighted by Gasteiger charge is -2.24. The summed E-state index contributed by atoms with van der Waals surface area (Å²) < 4.78 is 0. The van der Waals surface area contributed by atoms with Crippen LogP contribution in [0.1, 0.15) is 29.9 Å². The van der Waals surface area contributed by atoms with E-state index in [-0.39, 0.29) is 12.4 Å². The fourth-order valence-electron chi connectivity index (χ4n) is 2.98. The number of aryl methyl sites for hydroxylation is 1. The molecule has 0 atom stereocenters. The third kappa shape index (κ3) is 2.38. The fourth-order valence-corrected chi connectivity index (χ4v) is 2.98. The van der Waals surface area contributed by atoms with Gasteiger partial charge in [0.25, 0.3) is 0 Å². The van der Waals surface area contributed by atoms with Crippen molar-refractivity contribution in [3.8, 4) is 0 Å². The first-order valence-corrected chi connectivity index (χ1v) is 6.55. The predicted molar refractivity (Wildman–Crippen MR) is 80.8 cm³/mol. The van der Waals surface area contributed by atoms with Crippen molar-refractivity contribution >= 4 is 23.2 Å². The van der Waals surface area contributed by atoms with Crippen LogP contribution in [0.25, 0.3) is 10.8 Å². The Labute approximate surface area is 115 Å². The SMILES string of the molecule is Cc1cccc2c(C3CCNCC3)cccc12.Cl. The molecule has 1 aliphatic rings. The summed E-state index contributed by atoms with van der Waals surface area (Å²) in [7, 11) is 0. The normalized spacial score (nSPS) is 16.5. The van der Waals surface area contributed by atoms with Crippen LogP contribution in [0.4, 0.5) is 0 Å². The van der Waals surface area contributed by atoms with Gasteiger partial charge in [-0.25, -0.2) is 0 Å². The highest BCUT2D eigenvalue weighted by Gasteiger charge is 2.17. The number of piperidine rings is 1. The summed E-state index contributed by atoms with van der Waals surface area (Å²) >= 11 is 0. The lowest BCUT2D eigenvalue weighted by Crippen LogP contribution is -2.26. The maximum Gasteiger partial charge on any atom is -0.00431 e. The molecule has 0 saturated carbocycles. The zero-order chi connectivity index (χ0) is 11.7. The molecule has 1 fully saturated rings. The number of hydrogen-bond donors (Lipinski definition) is 1. The Balaban J connectivity index is 0.00000120. The van der Waals surface area contributed by atoms with Gasteiger partial charge in [0.2, 0.25) is 0 Å². The Kier molecular flexibility index (Phi) is 4.26. The van der Waals surface area contributed by atoms with Gasteiger partial charge in [-0.3, -0.25) is 0 Å². The summed E-state index contributed by atoms with van der Waals surface area (Å²) in [6.07, 6.45) is 2.54. The number of hydrogen-bond acceptors (Lipinski definition) is 1. The van der Waals surface area contributed by atoms with Crippen molar-refractivity contribution in [3.05, 3.63) is 47.5 Å². The van der Waals surface area contributed by atoms with E-state index in [9.17, 15) is 0 Å². The number of nitrogens with one attached hydrogen (secondary N) is 1. The van der Waals surface area contributed by atoms with Gasteiger partial charge in [-0.05, 0) is 60.7 Å². The maximum atomic E-state index is 3.44. The Morgan fingerprint density at radius 3 is 2.39 bits per heavy atom. The third-order valence-corrected chi connectivity index (χ3v) is 3.95. The van der Waals surface area contributed by atoms with Crippen LogP contribution in [0.3, 0.4) is 0 Å². The van der Waals surface area contributed by atoms with Crippen molar-refractivity contribution in [2.45, 2.75) is 25.7 Å². The Hall–Kier alpha value is -1.05. The first-order chi connectivity index (χ1) is 8.36. The molecule has 0 bridgehead atoms. The van der Waals surface area contributed by atoms with E-state index in [4.69, 9.17) is 0 Å². The largest absolute Gasteiger partial charge is 0.317 e. The Morgan fingerprint density at radius 2 is 1.61 bits per heavy atom. The summed E-state index contributed by atoms with van der Waals surface area (Å²) in [5, 5.41) is 6.32. The van der Waals surface area contributed by atoms with E-state index in [0.717, 1.165) is 19.0 Å². The minimum absolute atomic E-state index is 0. The Bertz CT molecular complexity index is 530. The van der Waals surface area contributed by atoms with Crippen LogP contribution in [-0.4, -0.2) is 13.1 Å². The van der Waals surface area contributed by atoms with E-state index in [0.29, 0.717) is 0 Å². The summed E-state index contributed by atoms with van der Waals surface area (Å²) in [4.78, 5) is 0. The number of rotatable bonds is 1. The molecule has 1 heterocycles. The van der Waals surface area contributed by atoms with Gasteiger partial charge in [-0.1, -0.05) is 36.4 Å². The van der Waals surface area contributed by atoms with Gasteiger partial charge in [-0.15, -0.1) is 12.4 Å². The smallest absolute Gasteiger partial charge is 0.00431 e. The van der Waals surface area contributed by atoms with Gasteiger partial charge in [-0.2, -0.15) is 0 Å². The number of fused-ring (bicyclic) bond motifs is 1. The lowest BCUT2D eigenvalue weighted by atomic mass is 9.86. The van der Waals surface area contributed by atoms with E-state index in [1.54, 1.807) is 5.56 Å². The standard InChI is InChI=1S/C16H19N.ClH/c1-12-4-2-7-16-14(12)5-3-6-15(16)13-8-10-17-11-9-13;/h2-7,13,17H,8-11H2,1H3;1H. The molecule has 1 N–H and O–H groups in total. The average Bonchev–Trinajstić information content (AvgIpc) is 2.40. The molecule has 0 aliphatic carbocycles. The second kappa shape index (κ2) is 5.73. The molecule has 2 heteroatoms. The molecule has 96 valence electrons. The highest BCUT2D eigenvalue weighted by atomic mass is 35.5. The summed E-state index contributed by atoms with van der Waals surface area (Å²) in [5.74, 6) is 0.738. The van der Waals surface area contributed by atoms with Crippen molar-refractivity contribution in [2.75, 3.05) is 13.1 Å². The lowest BCUT2D eigenvalue weighted by molar-refractivity contribution is 0.462. The summed E-state index contributed by atoms with van der Waals surface area (Å²) in [5.41, 5.74) is 2.94. The summed E-state index contributed by atoms with van der Waals surface area (Å²) in [6.45, 7) is 4.52. The maximum absolute atomic E-state index is 3.44. The molecule has 2 aromatic carbocycles. The van der Waals surface area contributed by atoms with E-state index in [1.807, 2.05) is 0 Å². The van der Waals surface area contributed by atoms with Gasteiger partial charge >= 0.3 is 0 Å². The van der Waals surface area contributed by atoms with Crippen LogP contribution in [0.2, 0.25) is 0 Å². The molecular formula is C16H20ClN. The van der Waals surface area contributed by atoms with E-state index in [1.165, 1.54) is 29.2 Å². The van der Waals surface area contributed by atoms with Gasteiger partial charge in [0.05, 0.1) is 0 Å². The first-order valence-electron chi connectivity index (χ1n) is 6.55. The Morgan fingerprint density at radius 1 is 0.944 bits per heavy atom. The number of halogens is 1. The van der Waals surface area contributed by atoms with Crippen molar-refractivity contribution < 1.29 is 0 Å². The molecule has 3 rings (SSSR count). The van der Waals surface area contributed by atoms with Gasteiger partial charge in [0, 0.05) is 0 Å². The van der Waals surface area contributed by atoms with Crippen LogP contribution < -0.4 is 5.32 Å². The molecular weight excluding hydrogens is 242 g/mol. The van der Waals surface area contributed by atoms with Crippen molar-refractivity contribution in [1.29, 1.82) is 0 Å². The quantitative estimate of drug-likeness (QED) is 0.817. The highest BCUT2D eigenvalue weighted by Crippen LogP contribution is 2.32. The zero-order valence-electron chi connectivity index (χ0n) is 10.8. The van der Waals surface area contributed by atoms with Crippen LogP contribution in [0.15, 0.2) is 36.4 Å². The first kappa shape index (κ1) is 13.4. The van der Waals surface area contributed by atoms with Crippen LogP contribution in [0.5, 0.6) is 0 Å². The molecule has 0 spiro atoms. The van der Waals surface area contributed by atoms with E-state index < -0.39 is 0 Å². The second-order valence-corrected chi connectivity index (χ2v) is 5.04. The molecule has 1 nitrogen and oxygen atoms in total. The molecule has 0 unspecified atom stereocenters. The van der Waals surface area contributed by atoms with E-state index in [2.05, 4.69) is 48.6 Å². The minimum Gasteiger partial charge on any atom is -0.317 e.